The van der Waals surface area contributed by atoms with Gasteiger partial charge in [-0.2, -0.15) is 0 Å². The van der Waals surface area contributed by atoms with E-state index in [0.29, 0.717) is 0 Å². The van der Waals surface area contributed by atoms with Crippen LogP contribution in [-0.4, -0.2) is 48.6 Å². The maximum atomic E-state index is 11.9. The van der Waals surface area contributed by atoms with Crippen molar-refractivity contribution in [2.75, 3.05) is 13.7 Å². The summed E-state index contributed by atoms with van der Waals surface area (Å²) in [6.45, 7) is 6.45. The van der Waals surface area contributed by atoms with Crippen molar-refractivity contribution in [1.82, 2.24) is 10.2 Å². The molecule has 1 aliphatic rings. The minimum absolute atomic E-state index is 0.0317. The van der Waals surface area contributed by atoms with Gasteiger partial charge in [-0.1, -0.05) is 0 Å². The van der Waals surface area contributed by atoms with Crippen LogP contribution in [0, 0.1) is 0 Å². The van der Waals surface area contributed by atoms with Crippen LogP contribution in [0.15, 0.2) is 0 Å². The summed E-state index contributed by atoms with van der Waals surface area (Å²) in [5.41, 5.74) is 0. The Bertz CT molecular complexity index is 291. The minimum atomic E-state index is -0.288. The molecule has 1 saturated heterocycles. The van der Waals surface area contributed by atoms with Gasteiger partial charge in [-0.15, -0.1) is 0 Å². The summed E-state index contributed by atoms with van der Waals surface area (Å²) < 4.78 is 4.76. The zero-order chi connectivity index (χ0) is 13.0. The molecule has 1 amide bonds. The van der Waals surface area contributed by atoms with Crippen LogP contribution in [0.4, 0.5) is 0 Å². The number of hydrogen-bond donors (Lipinski definition) is 1. The molecule has 0 aromatic heterocycles. The molecule has 0 aromatic rings. The van der Waals surface area contributed by atoms with Crippen molar-refractivity contribution in [2.24, 2.45) is 0 Å². The van der Waals surface area contributed by atoms with Gasteiger partial charge in [0.15, 0.2) is 0 Å². The zero-order valence-corrected chi connectivity index (χ0v) is 11.0. The molecular formula is C12H22N2O3. The molecule has 5 heteroatoms. The number of ether oxygens (including phenoxy) is 1. The van der Waals surface area contributed by atoms with E-state index < -0.39 is 0 Å². The summed E-state index contributed by atoms with van der Waals surface area (Å²) in [7, 11) is 1.39. The normalized spacial score (nSPS) is 22.5. The van der Waals surface area contributed by atoms with E-state index in [1.54, 1.807) is 0 Å². The highest BCUT2D eigenvalue weighted by molar-refractivity contribution is 5.83. The van der Waals surface area contributed by atoms with Gasteiger partial charge in [0, 0.05) is 6.04 Å². The van der Waals surface area contributed by atoms with Gasteiger partial charge in [-0.3, -0.25) is 14.5 Å². The number of methoxy groups -OCH3 is 1. The van der Waals surface area contributed by atoms with Crippen molar-refractivity contribution in [1.29, 1.82) is 0 Å². The molecule has 0 bridgehead atoms. The quantitative estimate of drug-likeness (QED) is 0.731. The van der Waals surface area contributed by atoms with Crippen molar-refractivity contribution in [3.05, 3.63) is 0 Å². The maximum absolute atomic E-state index is 11.9. The Labute approximate surface area is 102 Å². The smallest absolute Gasteiger partial charge is 0.323 e. The summed E-state index contributed by atoms with van der Waals surface area (Å²) in [6, 6.07) is -0.443. The van der Waals surface area contributed by atoms with E-state index in [1.807, 2.05) is 25.7 Å². The summed E-state index contributed by atoms with van der Waals surface area (Å²) in [4.78, 5) is 25.4. The first-order valence-corrected chi connectivity index (χ1v) is 6.11. The number of carbonyl (C=O) groups excluding carboxylic acids is 2. The van der Waals surface area contributed by atoms with Gasteiger partial charge in [-0.25, -0.2) is 0 Å². The maximum Gasteiger partial charge on any atom is 0.323 e. The average Bonchev–Trinajstić information content (AvgIpc) is 2.74. The van der Waals surface area contributed by atoms with Crippen molar-refractivity contribution in [3.8, 4) is 0 Å². The molecule has 0 radical (unpaired) electrons. The fourth-order valence-electron chi connectivity index (χ4n) is 2.20. The number of rotatable bonds is 4. The number of amides is 1. The Morgan fingerprint density at radius 3 is 2.53 bits per heavy atom. The number of nitrogens with zero attached hydrogens (tertiary/aromatic N) is 1. The molecule has 2 unspecified atom stereocenters. The van der Waals surface area contributed by atoms with Crippen LogP contribution in [0.1, 0.15) is 33.6 Å². The molecule has 1 N–H and O–H groups in total. The van der Waals surface area contributed by atoms with Gasteiger partial charge in [0.2, 0.25) is 5.91 Å². The second-order valence-corrected chi connectivity index (χ2v) is 4.76. The second kappa shape index (κ2) is 6.00. The van der Waals surface area contributed by atoms with E-state index in [-0.39, 0.29) is 30.0 Å². The van der Waals surface area contributed by atoms with Crippen LogP contribution >= 0.6 is 0 Å². The molecule has 1 rings (SSSR count). The second-order valence-electron chi connectivity index (χ2n) is 4.76. The van der Waals surface area contributed by atoms with Crippen LogP contribution in [0.25, 0.3) is 0 Å². The summed E-state index contributed by atoms with van der Waals surface area (Å²) >= 11 is 0. The fraction of sp³-hybridized carbons (Fsp3) is 0.833. The molecule has 17 heavy (non-hydrogen) atoms. The lowest BCUT2D eigenvalue weighted by Crippen LogP contribution is -2.50. The van der Waals surface area contributed by atoms with Gasteiger partial charge in [-0.05, 0) is 40.2 Å². The van der Waals surface area contributed by atoms with Crippen molar-refractivity contribution >= 4 is 11.9 Å². The highest BCUT2D eigenvalue weighted by Gasteiger charge is 2.36. The van der Waals surface area contributed by atoms with Gasteiger partial charge < -0.3 is 10.1 Å². The molecule has 0 aromatic carbocycles. The van der Waals surface area contributed by atoms with E-state index in [1.165, 1.54) is 7.11 Å². The fourth-order valence-corrected chi connectivity index (χ4v) is 2.20. The van der Waals surface area contributed by atoms with Crippen molar-refractivity contribution in [3.63, 3.8) is 0 Å². The number of nitrogens with one attached hydrogen (secondary N) is 1. The molecule has 0 spiro atoms. The SMILES string of the molecule is COC(=O)C1CCCN1C(C)C(=O)NC(C)C. The number of esters is 1. The summed E-state index contributed by atoms with van der Waals surface area (Å²) in [5.74, 6) is -0.275. The molecule has 0 aliphatic carbocycles. The zero-order valence-electron chi connectivity index (χ0n) is 11.0. The largest absolute Gasteiger partial charge is 0.468 e. The Morgan fingerprint density at radius 1 is 1.35 bits per heavy atom. The Morgan fingerprint density at radius 2 is 2.00 bits per heavy atom. The van der Waals surface area contributed by atoms with E-state index >= 15 is 0 Å². The third-order valence-corrected chi connectivity index (χ3v) is 3.08. The van der Waals surface area contributed by atoms with E-state index in [0.717, 1.165) is 19.4 Å². The third-order valence-electron chi connectivity index (χ3n) is 3.08. The Hall–Kier alpha value is -1.10. The standard InChI is InChI=1S/C12H22N2O3/c1-8(2)13-11(15)9(3)14-7-5-6-10(14)12(16)17-4/h8-10H,5-7H2,1-4H3,(H,13,15). The first-order valence-electron chi connectivity index (χ1n) is 6.11. The summed E-state index contributed by atoms with van der Waals surface area (Å²) in [6.07, 6.45) is 1.70. The molecule has 1 fully saturated rings. The molecule has 2 atom stereocenters. The topological polar surface area (TPSA) is 58.6 Å². The Kier molecular flexibility index (Phi) is 4.93. The van der Waals surface area contributed by atoms with E-state index in [2.05, 4.69) is 5.32 Å². The number of carbonyl (C=O) groups is 2. The molecule has 5 nitrogen and oxygen atoms in total. The predicted molar refractivity (Wildman–Crippen MR) is 64.5 cm³/mol. The van der Waals surface area contributed by atoms with Gasteiger partial charge in [0.1, 0.15) is 6.04 Å². The van der Waals surface area contributed by atoms with Gasteiger partial charge >= 0.3 is 5.97 Å². The van der Waals surface area contributed by atoms with Crippen LogP contribution in [0.2, 0.25) is 0 Å². The number of likely N-dealkylation sites (tertiary alicyclic amines) is 1. The average molecular weight is 242 g/mol. The Balaban J connectivity index is 2.64. The van der Waals surface area contributed by atoms with Gasteiger partial charge in [0.05, 0.1) is 13.2 Å². The molecule has 0 saturated carbocycles. The van der Waals surface area contributed by atoms with Crippen molar-refractivity contribution in [2.45, 2.75) is 51.7 Å². The lowest BCUT2D eigenvalue weighted by molar-refractivity contribution is -0.147. The number of hydrogen-bond acceptors (Lipinski definition) is 4. The lowest BCUT2D eigenvalue weighted by Gasteiger charge is -2.28. The molecule has 1 heterocycles. The first-order chi connectivity index (χ1) is 7.97. The highest BCUT2D eigenvalue weighted by Crippen LogP contribution is 2.21. The first kappa shape index (κ1) is 14.0. The lowest BCUT2D eigenvalue weighted by atomic mass is 10.2. The van der Waals surface area contributed by atoms with Crippen LogP contribution in [-0.2, 0) is 14.3 Å². The van der Waals surface area contributed by atoms with Crippen molar-refractivity contribution < 1.29 is 14.3 Å². The van der Waals surface area contributed by atoms with E-state index in [4.69, 9.17) is 4.74 Å². The van der Waals surface area contributed by atoms with Gasteiger partial charge in [0.25, 0.3) is 0 Å². The summed E-state index contributed by atoms with van der Waals surface area (Å²) in [5, 5.41) is 2.86. The molecule has 1 aliphatic heterocycles. The van der Waals surface area contributed by atoms with Crippen LogP contribution < -0.4 is 5.32 Å². The van der Waals surface area contributed by atoms with Crippen LogP contribution in [0.5, 0.6) is 0 Å². The monoisotopic (exact) mass is 242 g/mol. The van der Waals surface area contributed by atoms with Crippen LogP contribution in [0.3, 0.4) is 0 Å². The van der Waals surface area contributed by atoms with E-state index in [9.17, 15) is 9.59 Å². The highest BCUT2D eigenvalue weighted by atomic mass is 16.5. The third kappa shape index (κ3) is 3.43. The predicted octanol–water partition coefficient (Wildman–Crippen LogP) is 0.537. The molecular weight excluding hydrogens is 220 g/mol. The molecule has 98 valence electrons. The minimum Gasteiger partial charge on any atom is -0.468 e.